The largest absolute Gasteiger partial charge is 0.331 e. The van der Waals surface area contributed by atoms with Crippen molar-refractivity contribution in [2.75, 3.05) is 24.4 Å². The van der Waals surface area contributed by atoms with E-state index < -0.39 is 10.0 Å². The number of nitrogens with zero attached hydrogens (tertiary/aromatic N) is 2. The molecule has 6 nitrogen and oxygen atoms in total. The lowest BCUT2D eigenvalue weighted by molar-refractivity contribution is 0.0680. The van der Waals surface area contributed by atoms with Crippen LogP contribution in [0.1, 0.15) is 29.6 Å². The van der Waals surface area contributed by atoms with Gasteiger partial charge in [0.2, 0.25) is 0 Å². The molecule has 29 heavy (non-hydrogen) atoms. The van der Waals surface area contributed by atoms with Gasteiger partial charge in [0.25, 0.3) is 15.9 Å². The number of nitrogens with one attached hydrogen (secondary N) is 1. The standard InChI is InChI=1S/C21H25N3O3S.ClH/c1-23(17-5-3-2-4-6-17)28(26,27)20-11-7-16(8-12-20)21(25)24-18-9-10-19(24)15-22-14-13-18;/h2-8,11-12,18-19,22H,9-10,13-15H2,1H3;1H. The van der Waals surface area contributed by atoms with E-state index in [-0.39, 0.29) is 35.3 Å². The highest BCUT2D eigenvalue weighted by atomic mass is 35.5. The van der Waals surface area contributed by atoms with Gasteiger partial charge in [0.05, 0.1) is 10.6 Å². The molecule has 0 aromatic heterocycles. The fourth-order valence-electron chi connectivity index (χ4n) is 4.17. The molecule has 2 atom stereocenters. The molecule has 2 aliphatic rings. The molecule has 0 radical (unpaired) electrons. The highest BCUT2D eigenvalue weighted by Crippen LogP contribution is 2.30. The summed E-state index contributed by atoms with van der Waals surface area (Å²) in [5, 5.41) is 3.39. The van der Waals surface area contributed by atoms with E-state index in [2.05, 4.69) is 5.32 Å². The molecular formula is C21H26ClN3O3S. The minimum Gasteiger partial charge on any atom is -0.331 e. The van der Waals surface area contributed by atoms with Crippen molar-refractivity contribution >= 4 is 34.0 Å². The zero-order valence-corrected chi connectivity index (χ0v) is 18.0. The van der Waals surface area contributed by atoms with Crippen molar-refractivity contribution in [1.29, 1.82) is 0 Å². The molecule has 1 N–H and O–H groups in total. The van der Waals surface area contributed by atoms with Crippen molar-refractivity contribution in [3.8, 4) is 0 Å². The number of sulfonamides is 1. The molecule has 2 unspecified atom stereocenters. The normalized spacial score (nSPS) is 21.2. The highest BCUT2D eigenvalue weighted by molar-refractivity contribution is 7.92. The number of hydrogen-bond acceptors (Lipinski definition) is 4. The van der Waals surface area contributed by atoms with E-state index in [0.717, 1.165) is 32.4 Å². The molecular weight excluding hydrogens is 410 g/mol. The predicted octanol–water partition coefficient (Wildman–Crippen LogP) is 2.90. The van der Waals surface area contributed by atoms with Crippen LogP contribution in [-0.2, 0) is 10.0 Å². The minimum absolute atomic E-state index is 0. The van der Waals surface area contributed by atoms with Gasteiger partial charge in [-0.15, -0.1) is 12.4 Å². The molecule has 0 spiro atoms. The summed E-state index contributed by atoms with van der Waals surface area (Å²) in [6, 6.07) is 15.8. The van der Waals surface area contributed by atoms with Crippen molar-refractivity contribution < 1.29 is 13.2 Å². The van der Waals surface area contributed by atoms with Crippen LogP contribution >= 0.6 is 12.4 Å². The van der Waals surface area contributed by atoms with Crippen LogP contribution < -0.4 is 9.62 Å². The van der Waals surface area contributed by atoms with Crippen molar-refractivity contribution in [2.24, 2.45) is 0 Å². The summed E-state index contributed by atoms with van der Waals surface area (Å²) >= 11 is 0. The van der Waals surface area contributed by atoms with Crippen molar-refractivity contribution in [3.05, 3.63) is 60.2 Å². The fraction of sp³-hybridized carbons (Fsp3) is 0.381. The first kappa shape index (κ1) is 21.6. The van der Waals surface area contributed by atoms with Gasteiger partial charge in [0.1, 0.15) is 0 Å². The Labute approximate surface area is 178 Å². The molecule has 2 fully saturated rings. The first-order chi connectivity index (χ1) is 13.5. The lowest BCUT2D eigenvalue weighted by Gasteiger charge is -2.28. The van der Waals surface area contributed by atoms with Gasteiger partial charge >= 0.3 is 0 Å². The maximum absolute atomic E-state index is 13.1. The number of fused-ring (bicyclic) bond motifs is 2. The van der Waals surface area contributed by atoms with Crippen molar-refractivity contribution in [1.82, 2.24) is 10.2 Å². The third-order valence-electron chi connectivity index (χ3n) is 5.77. The van der Waals surface area contributed by atoms with E-state index >= 15 is 0 Å². The summed E-state index contributed by atoms with van der Waals surface area (Å²) in [5.41, 5.74) is 1.14. The van der Waals surface area contributed by atoms with Crippen LogP contribution in [0.4, 0.5) is 5.69 Å². The van der Waals surface area contributed by atoms with Gasteiger partial charge in [-0.05, 0) is 62.2 Å². The lowest BCUT2D eigenvalue weighted by Crippen LogP contribution is -2.42. The van der Waals surface area contributed by atoms with Crippen molar-refractivity contribution in [3.63, 3.8) is 0 Å². The Morgan fingerprint density at radius 2 is 1.66 bits per heavy atom. The number of para-hydroxylation sites is 1. The van der Waals surface area contributed by atoms with Gasteiger partial charge < -0.3 is 10.2 Å². The number of anilines is 1. The van der Waals surface area contributed by atoms with Crippen molar-refractivity contribution in [2.45, 2.75) is 36.2 Å². The van der Waals surface area contributed by atoms with E-state index in [0.29, 0.717) is 11.3 Å². The Hall–Kier alpha value is -2.09. The Kier molecular flexibility index (Phi) is 6.51. The monoisotopic (exact) mass is 435 g/mol. The van der Waals surface area contributed by atoms with E-state index in [9.17, 15) is 13.2 Å². The molecule has 2 saturated heterocycles. The maximum Gasteiger partial charge on any atom is 0.264 e. The van der Waals surface area contributed by atoms with Gasteiger partial charge in [-0.25, -0.2) is 8.42 Å². The molecule has 2 bridgehead atoms. The molecule has 4 rings (SSSR count). The summed E-state index contributed by atoms with van der Waals surface area (Å²) < 4.78 is 27.0. The average molecular weight is 436 g/mol. The van der Waals surface area contributed by atoms with Crippen LogP contribution in [0.5, 0.6) is 0 Å². The molecule has 1 amide bonds. The lowest BCUT2D eigenvalue weighted by atomic mass is 10.1. The summed E-state index contributed by atoms with van der Waals surface area (Å²) in [4.78, 5) is 15.2. The molecule has 2 aromatic rings. The summed E-state index contributed by atoms with van der Waals surface area (Å²) in [6.45, 7) is 1.77. The Morgan fingerprint density at radius 3 is 2.34 bits per heavy atom. The molecule has 0 saturated carbocycles. The molecule has 2 heterocycles. The number of hydrogen-bond donors (Lipinski definition) is 1. The number of halogens is 1. The predicted molar refractivity (Wildman–Crippen MR) is 116 cm³/mol. The molecule has 156 valence electrons. The third-order valence-corrected chi connectivity index (χ3v) is 7.57. The number of amides is 1. The summed E-state index contributed by atoms with van der Waals surface area (Å²) in [5.74, 6) is -0.00318. The quantitative estimate of drug-likeness (QED) is 0.801. The molecule has 0 aliphatic carbocycles. The van der Waals surface area contributed by atoms with E-state index in [4.69, 9.17) is 0 Å². The van der Waals surface area contributed by atoms with Gasteiger partial charge in [0, 0.05) is 31.2 Å². The second kappa shape index (κ2) is 8.73. The first-order valence-electron chi connectivity index (χ1n) is 9.66. The smallest absolute Gasteiger partial charge is 0.264 e. The number of carbonyl (C=O) groups excluding carboxylic acids is 1. The molecule has 2 aliphatic heterocycles. The summed E-state index contributed by atoms with van der Waals surface area (Å²) in [7, 11) is -2.14. The average Bonchev–Trinajstić information content (AvgIpc) is 3.00. The van der Waals surface area contributed by atoms with Crippen LogP contribution in [0.2, 0.25) is 0 Å². The molecule has 2 aromatic carbocycles. The molecule has 8 heteroatoms. The Balaban J connectivity index is 0.00000240. The number of benzene rings is 2. The SMILES string of the molecule is CN(c1ccccc1)S(=O)(=O)c1ccc(C(=O)N2C3CCNCC2CC3)cc1.Cl. The minimum atomic E-state index is -3.68. The van der Waals surface area contributed by atoms with Crippen LogP contribution in [0.3, 0.4) is 0 Å². The highest BCUT2D eigenvalue weighted by Gasteiger charge is 2.38. The second-order valence-electron chi connectivity index (χ2n) is 7.42. The topological polar surface area (TPSA) is 69.7 Å². The van der Waals surface area contributed by atoms with E-state index in [1.165, 1.54) is 23.5 Å². The van der Waals surface area contributed by atoms with E-state index in [1.54, 1.807) is 36.4 Å². The van der Waals surface area contributed by atoms with Gasteiger partial charge in [-0.3, -0.25) is 9.10 Å². The summed E-state index contributed by atoms with van der Waals surface area (Å²) in [6.07, 6.45) is 3.04. The number of carbonyl (C=O) groups is 1. The third kappa shape index (κ3) is 4.13. The fourth-order valence-corrected chi connectivity index (χ4v) is 5.36. The van der Waals surface area contributed by atoms with E-state index in [1.807, 2.05) is 11.0 Å². The Bertz CT molecular complexity index is 937. The van der Waals surface area contributed by atoms with Gasteiger partial charge in [-0.1, -0.05) is 18.2 Å². The maximum atomic E-state index is 13.1. The van der Waals surface area contributed by atoms with Crippen LogP contribution in [0.15, 0.2) is 59.5 Å². The van der Waals surface area contributed by atoms with Crippen LogP contribution in [0, 0.1) is 0 Å². The van der Waals surface area contributed by atoms with Crippen LogP contribution in [0.25, 0.3) is 0 Å². The zero-order chi connectivity index (χ0) is 19.7. The second-order valence-corrected chi connectivity index (χ2v) is 9.39. The Morgan fingerprint density at radius 1 is 1.00 bits per heavy atom. The van der Waals surface area contributed by atoms with Gasteiger partial charge in [0.15, 0.2) is 0 Å². The zero-order valence-electron chi connectivity index (χ0n) is 16.3. The first-order valence-corrected chi connectivity index (χ1v) is 11.1. The number of rotatable bonds is 4. The van der Waals surface area contributed by atoms with Gasteiger partial charge in [-0.2, -0.15) is 0 Å². The van der Waals surface area contributed by atoms with Crippen LogP contribution in [-0.4, -0.2) is 51.4 Å².